The zero-order valence-electron chi connectivity index (χ0n) is 18.8. The molecular formula is C25H35ClF2N2O. The van der Waals surface area contributed by atoms with E-state index in [0.29, 0.717) is 12.5 Å². The number of amides is 1. The van der Waals surface area contributed by atoms with Gasteiger partial charge in [0.05, 0.1) is 6.04 Å². The molecule has 0 aliphatic heterocycles. The predicted molar refractivity (Wildman–Crippen MR) is 126 cm³/mol. The fourth-order valence-electron chi connectivity index (χ4n) is 3.68. The Morgan fingerprint density at radius 3 is 1.77 bits per heavy atom. The first-order valence-electron chi connectivity index (χ1n) is 10.8. The molecule has 0 spiro atoms. The van der Waals surface area contributed by atoms with Crippen molar-refractivity contribution in [2.45, 2.75) is 65.0 Å². The molecular weight excluding hydrogens is 418 g/mol. The zero-order valence-corrected chi connectivity index (χ0v) is 19.6. The van der Waals surface area contributed by atoms with Gasteiger partial charge in [-0.3, -0.25) is 4.79 Å². The average Bonchev–Trinajstić information content (AvgIpc) is 2.68. The molecule has 0 saturated heterocycles. The molecule has 31 heavy (non-hydrogen) atoms. The van der Waals surface area contributed by atoms with Gasteiger partial charge in [-0.15, -0.1) is 12.4 Å². The van der Waals surface area contributed by atoms with E-state index >= 15 is 0 Å². The predicted octanol–water partition coefficient (Wildman–Crippen LogP) is 5.83. The molecule has 0 aliphatic rings. The highest BCUT2D eigenvalue weighted by Gasteiger charge is 2.20. The van der Waals surface area contributed by atoms with Crippen molar-refractivity contribution < 1.29 is 13.6 Å². The average molecular weight is 453 g/mol. The molecule has 172 valence electrons. The van der Waals surface area contributed by atoms with Gasteiger partial charge < -0.3 is 10.6 Å². The third kappa shape index (κ3) is 9.36. The number of nitrogens with one attached hydrogen (secondary N) is 2. The van der Waals surface area contributed by atoms with Gasteiger partial charge in [0.15, 0.2) is 0 Å². The first-order chi connectivity index (χ1) is 14.3. The van der Waals surface area contributed by atoms with Gasteiger partial charge in [-0.1, -0.05) is 52.0 Å². The number of benzene rings is 2. The number of halogens is 3. The number of carbonyl (C=O) groups excluding carboxylic acids is 1. The summed E-state index contributed by atoms with van der Waals surface area (Å²) in [5.41, 5.74) is 1.96. The van der Waals surface area contributed by atoms with Crippen molar-refractivity contribution in [2.75, 3.05) is 6.54 Å². The summed E-state index contributed by atoms with van der Waals surface area (Å²) in [5.74, 6) is -0.0929. The number of hydrogen-bond acceptors (Lipinski definition) is 2. The van der Waals surface area contributed by atoms with Gasteiger partial charge in [0.1, 0.15) is 11.6 Å². The van der Waals surface area contributed by atoms with Crippen molar-refractivity contribution in [2.24, 2.45) is 5.92 Å². The van der Waals surface area contributed by atoms with Crippen LogP contribution in [0.5, 0.6) is 0 Å². The maximum absolute atomic E-state index is 13.4. The monoisotopic (exact) mass is 452 g/mol. The smallest absolute Gasteiger partial charge is 0.237 e. The molecule has 1 atom stereocenters. The van der Waals surface area contributed by atoms with E-state index in [1.54, 1.807) is 24.3 Å². The van der Waals surface area contributed by atoms with E-state index in [-0.39, 0.29) is 48.0 Å². The third-order valence-electron chi connectivity index (χ3n) is 5.07. The van der Waals surface area contributed by atoms with Gasteiger partial charge in [0.2, 0.25) is 5.91 Å². The molecule has 0 bridgehead atoms. The van der Waals surface area contributed by atoms with Crippen LogP contribution in [0.3, 0.4) is 0 Å². The summed E-state index contributed by atoms with van der Waals surface area (Å²) in [4.78, 5) is 12.6. The summed E-state index contributed by atoms with van der Waals surface area (Å²) in [6.45, 7) is 8.86. The van der Waals surface area contributed by atoms with Crippen molar-refractivity contribution >= 4 is 18.3 Å². The second kappa shape index (κ2) is 13.4. The summed E-state index contributed by atoms with van der Waals surface area (Å²) in [5, 5.41) is 6.39. The Hall–Kier alpha value is -1.98. The van der Waals surface area contributed by atoms with Crippen molar-refractivity contribution in [1.82, 2.24) is 10.6 Å². The van der Waals surface area contributed by atoms with E-state index in [4.69, 9.17) is 0 Å². The van der Waals surface area contributed by atoms with E-state index < -0.39 is 0 Å². The van der Waals surface area contributed by atoms with Crippen LogP contribution in [0.2, 0.25) is 0 Å². The van der Waals surface area contributed by atoms with Gasteiger partial charge >= 0.3 is 0 Å². The summed E-state index contributed by atoms with van der Waals surface area (Å²) < 4.78 is 26.7. The number of carbonyl (C=O) groups is 1. The lowest BCUT2D eigenvalue weighted by atomic mass is 9.87. The molecule has 2 aromatic carbocycles. The molecule has 0 aromatic heterocycles. The van der Waals surface area contributed by atoms with E-state index in [1.165, 1.54) is 24.3 Å². The lowest BCUT2D eigenvalue weighted by molar-refractivity contribution is -0.123. The Morgan fingerprint density at radius 1 is 0.871 bits per heavy atom. The highest BCUT2D eigenvalue weighted by molar-refractivity contribution is 5.85. The van der Waals surface area contributed by atoms with Crippen molar-refractivity contribution in [3.8, 4) is 0 Å². The highest BCUT2D eigenvalue weighted by atomic mass is 35.5. The van der Waals surface area contributed by atoms with E-state index in [9.17, 15) is 13.6 Å². The van der Waals surface area contributed by atoms with Gasteiger partial charge in [0.25, 0.3) is 0 Å². The molecule has 0 aliphatic carbocycles. The van der Waals surface area contributed by atoms with E-state index in [1.807, 2.05) is 13.8 Å². The molecule has 6 heteroatoms. The summed E-state index contributed by atoms with van der Waals surface area (Å²) in [7, 11) is 0. The minimum absolute atomic E-state index is 0. The Bertz CT molecular complexity index is 724. The van der Waals surface area contributed by atoms with Crippen LogP contribution in [0, 0.1) is 17.6 Å². The minimum Gasteiger partial charge on any atom is -0.355 e. The maximum atomic E-state index is 13.4. The minimum atomic E-state index is -0.280. The van der Waals surface area contributed by atoms with Gasteiger partial charge in [0, 0.05) is 18.5 Å². The number of hydrogen-bond donors (Lipinski definition) is 2. The van der Waals surface area contributed by atoms with Crippen molar-refractivity contribution in [3.05, 3.63) is 71.3 Å². The van der Waals surface area contributed by atoms with Crippen LogP contribution in [0.15, 0.2) is 48.5 Å². The van der Waals surface area contributed by atoms with Gasteiger partial charge in [-0.2, -0.15) is 0 Å². The fourth-order valence-corrected chi connectivity index (χ4v) is 3.68. The molecule has 3 nitrogen and oxygen atoms in total. The van der Waals surface area contributed by atoms with E-state index in [0.717, 1.165) is 30.4 Å². The Morgan fingerprint density at radius 2 is 1.35 bits per heavy atom. The third-order valence-corrected chi connectivity index (χ3v) is 5.07. The molecule has 0 unspecified atom stereocenters. The van der Waals surface area contributed by atoms with Crippen molar-refractivity contribution in [1.29, 1.82) is 0 Å². The molecule has 2 N–H and O–H groups in total. The second-order valence-corrected chi connectivity index (χ2v) is 8.59. The van der Waals surface area contributed by atoms with Crippen LogP contribution in [-0.2, 0) is 4.79 Å². The Balaban J connectivity index is 0.00000480. The first-order valence-corrected chi connectivity index (χ1v) is 10.8. The van der Waals surface area contributed by atoms with Crippen LogP contribution >= 0.6 is 12.4 Å². The first kappa shape index (κ1) is 27.1. The zero-order chi connectivity index (χ0) is 22.1. The van der Waals surface area contributed by atoms with Crippen LogP contribution in [0.4, 0.5) is 8.78 Å². The Labute approximate surface area is 191 Å². The summed E-state index contributed by atoms with van der Waals surface area (Å²) >= 11 is 0. The lowest BCUT2D eigenvalue weighted by Crippen LogP contribution is -2.47. The topological polar surface area (TPSA) is 41.1 Å². The lowest BCUT2D eigenvalue weighted by Gasteiger charge is -2.23. The second-order valence-electron chi connectivity index (χ2n) is 8.59. The molecule has 0 heterocycles. The molecule has 0 radical (unpaired) electrons. The summed E-state index contributed by atoms with van der Waals surface area (Å²) in [6, 6.07) is 12.9. The molecule has 2 rings (SSSR count). The SMILES string of the molecule is CC(C)C[C@H](NC(C)C)C(=O)NCCCC(c1ccc(F)cc1)c1ccc(F)cc1.Cl. The molecule has 0 fully saturated rings. The molecule has 1 amide bonds. The van der Waals surface area contributed by atoms with Gasteiger partial charge in [-0.05, 0) is 60.6 Å². The largest absolute Gasteiger partial charge is 0.355 e. The highest BCUT2D eigenvalue weighted by Crippen LogP contribution is 2.29. The van der Waals surface area contributed by atoms with Crippen molar-refractivity contribution in [3.63, 3.8) is 0 Å². The normalized spacial score (nSPS) is 12.2. The van der Waals surface area contributed by atoms with Gasteiger partial charge in [-0.25, -0.2) is 8.78 Å². The van der Waals surface area contributed by atoms with Crippen LogP contribution in [0.25, 0.3) is 0 Å². The molecule has 2 aromatic rings. The van der Waals surface area contributed by atoms with E-state index in [2.05, 4.69) is 24.5 Å². The standard InChI is InChI=1S/C25H34F2N2O.ClH/c1-17(2)16-24(29-18(3)4)25(30)28-15-5-6-23(19-7-11-21(26)12-8-19)20-9-13-22(27)14-10-20;/h7-14,17-18,23-24,29H,5-6,15-16H2,1-4H3,(H,28,30);1H/t24-;/m0./s1. The Kier molecular flexibility index (Phi) is 11.7. The van der Waals surface area contributed by atoms with Crippen LogP contribution in [-0.4, -0.2) is 24.5 Å². The molecule has 0 saturated carbocycles. The summed E-state index contributed by atoms with van der Waals surface area (Å²) in [6.07, 6.45) is 2.32. The fraction of sp³-hybridized carbons (Fsp3) is 0.480. The van der Waals surface area contributed by atoms with Crippen LogP contribution in [0.1, 0.15) is 64.0 Å². The van der Waals surface area contributed by atoms with Crippen LogP contribution < -0.4 is 10.6 Å². The maximum Gasteiger partial charge on any atom is 0.237 e. The number of rotatable bonds is 11. The quantitative estimate of drug-likeness (QED) is 0.421.